The van der Waals surface area contributed by atoms with Crippen molar-refractivity contribution in [2.75, 3.05) is 82.0 Å². The van der Waals surface area contributed by atoms with Crippen molar-refractivity contribution in [2.45, 2.75) is 12.5 Å². The first kappa shape index (κ1) is 24.9. The summed E-state index contributed by atoms with van der Waals surface area (Å²) in [4.78, 5) is 32.6. The fourth-order valence-corrected chi connectivity index (χ4v) is 5.13. The van der Waals surface area contributed by atoms with E-state index in [9.17, 15) is 13.6 Å². The standard InChI is InChI=1S/C25H30F2N8O3/c26-22(27)23-29-17-3-1-2-4-19(17)35(23)25-30-20(15-21(31-25)33-10-13-37-14-11-33)32-6-8-34(9-7-32)24(36)18-16-38-12-5-28-18/h1-4,15,18,22,28H,5-14,16H2. The number of ether oxygens (including phenoxy) is 2. The van der Waals surface area contributed by atoms with Gasteiger partial charge in [-0.2, -0.15) is 9.97 Å². The highest BCUT2D eigenvalue weighted by Crippen LogP contribution is 2.29. The molecule has 13 heteroatoms. The first-order valence-electron chi connectivity index (χ1n) is 12.9. The number of para-hydroxylation sites is 2. The fourth-order valence-electron chi connectivity index (χ4n) is 5.13. The number of anilines is 2. The number of amides is 1. The van der Waals surface area contributed by atoms with Gasteiger partial charge in [-0.1, -0.05) is 12.1 Å². The molecule has 3 saturated heterocycles. The molecule has 1 atom stereocenters. The van der Waals surface area contributed by atoms with E-state index in [4.69, 9.17) is 19.4 Å². The normalized spacial score (nSPS) is 20.9. The second kappa shape index (κ2) is 10.8. The quantitative estimate of drug-likeness (QED) is 0.524. The van der Waals surface area contributed by atoms with Gasteiger partial charge in [0.25, 0.3) is 6.43 Å². The lowest BCUT2D eigenvalue weighted by Gasteiger charge is -2.38. The Morgan fingerprint density at radius 1 is 0.921 bits per heavy atom. The molecule has 3 aliphatic rings. The van der Waals surface area contributed by atoms with Crippen LogP contribution in [0.1, 0.15) is 12.2 Å². The summed E-state index contributed by atoms with van der Waals surface area (Å²) in [5, 5.41) is 3.22. The Morgan fingerprint density at radius 3 is 2.32 bits per heavy atom. The largest absolute Gasteiger partial charge is 0.378 e. The smallest absolute Gasteiger partial charge is 0.296 e. The first-order chi connectivity index (χ1) is 18.6. The number of hydrogen-bond donors (Lipinski definition) is 1. The summed E-state index contributed by atoms with van der Waals surface area (Å²) in [5.41, 5.74) is 0.975. The van der Waals surface area contributed by atoms with Crippen molar-refractivity contribution < 1.29 is 23.0 Å². The number of nitrogens with one attached hydrogen (secondary N) is 1. The molecule has 0 radical (unpaired) electrons. The summed E-state index contributed by atoms with van der Waals surface area (Å²) < 4.78 is 40.5. The zero-order valence-corrected chi connectivity index (χ0v) is 20.9. The second-order valence-corrected chi connectivity index (χ2v) is 9.47. The summed E-state index contributed by atoms with van der Waals surface area (Å²) in [5.74, 6) is 1.06. The van der Waals surface area contributed by atoms with E-state index in [1.165, 1.54) is 4.57 Å². The van der Waals surface area contributed by atoms with Crippen LogP contribution in [0.4, 0.5) is 20.4 Å². The summed E-state index contributed by atoms with van der Waals surface area (Å²) in [6, 6.07) is 8.56. The molecule has 3 aromatic rings. The van der Waals surface area contributed by atoms with Gasteiger partial charge in [-0.25, -0.2) is 13.8 Å². The summed E-state index contributed by atoms with van der Waals surface area (Å²) in [7, 11) is 0. The second-order valence-electron chi connectivity index (χ2n) is 9.47. The van der Waals surface area contributed by atoms with Gasteiger partial charge in [0.15, 0.2) is 5.82 Å². The first-order valence-corrected chi connectivity index (χ1v) is 12.9. The molecule has 0 saturated carbocycles. The van der Waals surface area contributed by atoms with Crippen molar-refractivity contribution in [3.63, 3.8) is 0 Å². The Morgan fingerprint density at radius 2 is 1.63 bits per heavy atom. The molecule has 5 heterocycles. The van der Waals surface area contributed by atoms with E-state index in [0.717, 1.165) is 0 Å². The van der Waals surface area contributed by atoms with Gasteiger partial charge in [-0.05, 0) is 12.1 Å². The maximum absolute atomic E-state index is 14.1. The number of rotatable bonds is 5. The number of nitrogens with zero attached hydrogens (tertiary/aromatic N) is 7. The van der Waals surface area contributed by atoms with Crippen LogP contribution >= 0.6 is 0 Å². The minimum Gasteiger partial charge on any atom is -0.378 e. The summed E-state index contributed by atoms with van der Waals surface area (Å²) in [6.07, 6.45) is -2.80. The number of carbonyl (C=O) groups excluding carboxylic acids is 1. The Bertz CT molecular complexity index is 1280. The van der Waals surface area contributed by atoms with Gasteiger partial charge < -0.3 is 29.5 Å². The highest BCUT2D eigenvalue weighted by molar-refractivity contribution is 5.82. The number of imidazole rings is 1. The van der Waals surface area contributed by atoms with E-state index in [1.807, 2.05) is 11.0 Å². The van der Waals surface area contributed by atoms with Crippen LogP contribution in [0.3, 0.4) is 0 Å². The average Bonchev–Trinajstić information content (AvgIpc) is 3.38. The highest BCUT2D eigenvalue weighted by Gasteiger charge is 2.30. The zero-order valence-electron chi connectivity index (χ0n) is 20.9. The third kappa shape index (κ3) is 4.88. The number of benzene rings is 1. The predicted octanol–water partition coefficient (Wildman–Crippen LogP) is 1.23. The van der Waals surface area contributed by atoms with Gasteiger partial charge in [-0.3, -0.25) is 9.36 Å². The van der Waals surface area contributed by atoms with E-state index in [-0.39, 0.29) is 17.9 Å². The SMILES string of the molecule is O=C(C1COCCN1)N1CCN(c2cc(N3CCOCC3)nc(-n3c(C(F)F)nc4ccccc43)n2)CC1. The van der Waals surface area contributed by atoms with E-state index in [2.05, 4.69) is 20.1 Å². The van der Waals surface area contributed by atoms with Gasteiger partial charge in [0.2, 0.25) is 11.9 Å². The number of piperazine rings is 1. The van der Waals surface area contributed by atoms with E-state index >= 15 is 0 Å². The maximum Gasteiger partial charge on any atom is 0.296 e. The lowest BCUT2D eigenvalue weighted by atomic mass is 10.2. The molecule has 1 unspecified atom stereocenters. The molecule has 6 rings (SSSR count). The van der Waals surface area contributed by atoms with E-state index in [1.54, 1.807) is 24.3 Å². The predicted molar refractivity (Wildman–Crippen MR) is 136 cm³/mol. The minimum atomic E-state index is -2.80. The molecule has 0 spiro atoms. The van der Waals surface area contributed by atoms with Crippen molar-refractivity contribution in [1.29, 1.82) is 0 Å². The maximum atomic E-state index is 14.1. The van der Waals surface area contributed by atoms with Crippen LogP contribution in [-0.4, -0.2) is 109 Å². The molecule has 202 valence electrons. The zero-order chi connectivity index (χ0) is 26.1. The molecule has 11 nitrogen and oxygen atoms in total. The number of alkyl halides is 2. The molecule has 3 aliphatic heterocycles. The number of carbonyl (C=O) groups is 1. The van der Waals surface area contributed by atoms with Crippen molar-refractivity contribution in [3.8, 4) is 5.95 Å². The molecule has 0 aliphatic carbocycles. The van der Waals surface area contributed by atoms with Crippen molar-refractivity contribution in [3.05, 3.63) is 36.2 Å². The van der Waals surface area contributed by atoms with Gasteiger partial charge in [0.05, 0.1) is 37.5 Å². The fraction of sp³-hybridized carbons (Fsp3) is 0.520. The van der Waals surface area contributed by atoms with Crippen LogP contribution in [0.25, 0.3) is 17.0 Å². The number of hydrogen-bond acceptors (Lipinski definition) is 9. The topological polar surface area (TPSA) is 101 Å². The summed E-state index contributed by atoms with van der Waals surface area (Å²) >= 11 is 0. The third-order valence-corrected chi connectivity index (χ3v) is 7.14. The van der Waals surface area contributed by atoms with Crippen LogP contribution in [0.2, 0.25) is 0 Å². The monoisotopic (exact) mass is 528 g/mol. The molecular weight excluding hydrogens is 498 g/mol. The van der Waals surface area contributed by atoms with Crippen molar-refractivity contribution >= 4 is 28.6 Å². The highest BCUT2D eigenvalue weighted by atomic mass is 19.3. The Labute approximate surface area is 218 Å². The van der Waals surface area contributed by atoms with Gasteiger partial charge in [0, 0.05) is 51.9 Å². The number of fused-ring (bicyclic) bond motifs is 1. The lowest BCUT2D eigenvalue weighted by Crippen LogP contribution is -2.57. The van der Waals surface area contributed by atoms with Crippen LogP contribution in [0.15, 0.2) is 30.3 Å². The van der Waals surface area contributed by atoms with Crippen molar-refractivity contribution in [2.24, 2.45) is 0 Å². The molecule has 3 fully saturated rings. The van der Waals surface area contributed by atoms with Crippen molar-refractivity contribution in [1.82, 2.24) is 29.7 Å². The molecule has 1 aromatic carbocycles. The van der Waals surface area contributed by atoms with Crippen LogP contribution in [0, 0.1) is 0 Å². The number of morpholine rings is 2. The van der Waals surface area contributed by atoms with Gasteiger partial charge >= 0.3 is 0 Å². The van der Waals surface area contributed by atoms with Crippen LogP contribution < -0.4 is 15.1 Å². The van der Waals surface area contributed by atoms with Crippen LogP contribution in [0.5, 0.6) is 0 Å². The number of halogens is 2. The lowest BCUT2D eigenvalue weighted by molar-refractivity contribution is -0.136. The average molecular weight is 529 g/mol. The minimum absolute atomic E-state index is 0.0354. The van der Waals surface area contributed by atoms with Gasteiger partial charge in [0.1, 0.15) is 17.7 Å². The molecule has 38 heavy (non-hydrogen) atoms. The Kier molecular flexibility index (Phi) is 7.04. The molecule has 1 amide bonds. The Hall–Kier alpha value is -3.42. The van der Waals surface area contributed by atoms with E-state index in [0.29, 0.717) is 94.9 Å². The Balaban J connectivity index is 1.32. The third-order valence-electron chi connectivity index (χ3n) is 7.14. The van der Waals surface area contributed by atoms with E-state index < -0.39 is 12.2 Å². The summed E-state index contributed by atoms with van der Waals surface area (Å²) in [6.45, 7) is 6.22. The van der Waals surface area contributed by atoms with Crippen LogP contribution in [-0.2, 0) is 14.3 Å². The number of aromatic nitrogens is 4. The molecule has 0 bridgehead atoms. The van der Waals surface area contributed by atoms with Gasteiger partial charge in [-0.15, -0.1) is 0 Å². The molecular formula is C25H30F2N8O3. The molecule has 1 N–H and O–H groups in total. The molecule has 2 aromatic heterocycles.